The van der Waals surface area contributed by atoms with Crippen molar-refractivity contribution in [1.29, 1.82) is 0 Å². The van der Waals surface area contributed by atoms with Crippen LogP contribution in [0, 0.1) is 5.41 Å². The van der Waals surface area contributed by atoms with Crippen molar-refractivity contribution in [3.63, 3.8) is 0 Å². The van der Waals surface area contributed by atoms with Crippen molar-refractivity contribution in [3.05, 3.63) is 65.9 Å². The lowest BCUT2D eigenvalue weighted by Crippen LogP contribution is -2.54. The highest BCUT2D eigenvalue weighted by molar-refractivity contribution is 5.92. The highest BCUT2D eigenvalue weighted by Gasteiger charge is 2.46. The van der Waals surface area contributed by atoms with E-state index in [0.717, 1.165) is 62.9 Å². The van der Waals surface area contributed by atoms with Crippen molar-refractivity contribution >= 4 is 28.3 Å². The van der Waals surface area contributed by atoms with Gasteiger partial charge in [-0.25, -0.2) is 4.99 Å². The van der Waals surface area contributed by atoms with Gasteiger partial charge in [0.25, 0.3) is 0 Å². The number of carbonyl (C=O) groups excluding carboxylic acids is 1. The number of rotatable bonds is 2. The normalized spacial score (nSPS) is 20.4. The minimum absolute atomic E-state index is 0.188. The first kappa shape index (κ1) is 18.7. The summed E-state index contributed by atoms with van der Waals surface area (Å²) in [6, 6.07) is 16.8. The topological polar surface area (TPSA) is 51.7 Å². The van der Waals surface area contributed by atoms with Gasteiger partial charge < -0.3 is 14.8 Å². The monoisotopic (exact) mass is 412 g/mol. The molecule has 1 aromatic heterocycles. The number of fused-ring (bicyclic) bond motifs is 2. The molecule has 1 N–H and O–H groups in total. The number of aliphatic imine (C=N–C) groups is 1. The van der Waals surface area contributed by atoms with Crippen LogP contribution in [-0.2, 0) is 17.8 Å². The molecular weight excluding hydrogens is 384 g/mol. The van der Waals surface area contributed by atoms with Crippen LogP contribution < -0.4 is 0 Å². The predicted molar refractivity (Wildman–Crippen MR) is 123 cm³/mol. The maximum absolute atomic E-state index is 13.6. The zero-order valence-electron chi connectivity index (χ0n) is 17.8. The lowest BCUT2D eigenvalue weighted by Gasteiger charge is -2.46. The Hall–Kier alpha value is -3.08. The van der Waals surface area contributed by atoms with Crippen LogP contribution in [0.2, 0.25) is 0 Å². The summed E-state index contributed by atoms with van der Waals surface area (Å²) in [6.07, 6.45) is 6.98. The number of amides is 1. The van der Waals surface area contributed by atoms with E-state index in [-0.39, 0.29) is 5.41 Å². The fourth-order valence-corrected chi connectivity index (χ4v) is 5.73. The number of nitrogens with one attached hydrogen (secondary N) is 1. The van der Waals surface area contributed by atoms with Gasteiger partial charge in [-0.05, 0) is 48.9 Å². The van der Waals surface area contributed by atoms with E-state index in [2.05, 4.69) is 63.4 Å². The maximum atomic E-state index is 13.6. The number of nitrogens with zero attached hydrogens (tertiary/aromatic N) is 3. The number of hydrogen-bond donors (Lipinski definition) is 1. The number of para-hydroxylation sites is 2. The predicted octanol–water partition coefficient (Wildman–Crippen LogP) is 4.66. The van der Waals surface area contributed by atoms with Crippen LogP contribution in [0.5, 0.6) is 0 Å². The SMILES string of the molecule is O=C1N(Cc2c[nH]c3ccccc23)CCCC12CCN(C1=Nc3ccccc3C1)CC2. The molecule has 0 unspecified atom stereocenters. The zero-order chi connectivity index (χ0) is 20.8. The molecule has 0 radical (unpaired) electrons. The fraction of sp³-hybridized carbons (Fsp3) is 0.385. The summed E-state index contributed by atoms with van der Waals surface area (Å²) in [7, 11) is 0. The first-order valence-electron chi connectivity index (χ1n) is 11.5. The van der Waals surface area contributed by atoms with Crippen molar-refractivity contribution in [2.45, 2.75) is 38.6 Å². The van der Waals surface area contributed by atoms with E-state index in [1.54, 1.807) is 0 Å². The Balaban J connectivity index is 1.16. The van der Waals surface area contributed by atoms with Gasteiger partial charge in [-0.3, -0.25) is 4.79 Å². The summed E-state index contributed by atoms with van der Waals surface area (Å²) in [5.41, 5.74) is 4.60. The Morgan fingerprint density at radius 3 is 2.65 bits per heavy atom. The second kappa shape index (κ2) is 7.26. The van der Waals surface area contributed by atoms with E-state index in [9.17, 15) is 4.79 Å². The van der Waals surface area contributed by atoms with Crippen molar-refractivity contribution in [1.82, 2.24) is 14.8 Å². The maximum Gasteiger partial charge on any atom is 0.229 e. The molecule has 0 saturated carbocycles. The van der Waals surface area contributed by atoms with Crippen molar-refractivity contribution in [3.8, 4) is 0 Å². The number of likely N-dealkylation sites (tertiary alicyclic amines) is 2. The third kappa shape index (κ3) is 3.14. The van der Waals surface area contributed by atoms with Gasteiger partial charge in [-0.1, -0.05) is 36.4 Å². The summed E-state index contributed by atoms with van der Waals surface area (Å²) in [5, 5.41) is 1.23. The van der Waals surface area contributed by atoms with Crippen LogP contribution in [0.4, 0.5) is 5.69 Å². The van der Waals surface area contributed by atoms with Gasteiger partial charge in [0.15, 0.2) is 0 Å². The first-order valence-corrected chi connectivity index (χ1v) is 11.5. The molecule has 3 aliphatic rings. The van der Waals surface area contributed by atoms with Crippen LogP contribution in [0.15, 0.2) is 59.7 Å². The van der Waals surface area contributed by atoms with Crippen molar-refractivity contribution < 1.29 is 4.79 Å². The number of H-pyrrole nitrogens is 1. The second-order valence-corrected chi connectivity index (χ2v) is 9.29. The molecule has 31 heavy (non-hydrogen) atoms. The highest BCUT2D eigenvalue weighted by Crippen LogP contribution is 2.42. The molecule has 5 nitrogen and oxygen atoms in total. The number of amidine groups is 1. The van der Waals surface area contributed by atoms with E-state index in [1.807, 2.05) is 6.07 Å². The van der Waals surface area contributed by atoms with Crippen molar-refractivity contribution in [2.75, 3.05) is 19.6 Å². The second-order valence-electron chi connectivity index (χ2n) is 9.29. The van der Waals surface area contributed by atoms with Gasteiger partial charge in [0.2, 0.25) is 5.91 Å². The van der Waals surface area contributed by atoms with E-state index in [0.29, 0.717) is 12.5 Å². The van der Waals surface area contributed by atoms with Gasteiger partial charge >= 0.3 is 0 Å². The van der Waals surface area contributed by atoms with E-state index in [4.69, 9.17) is 4.99 Å². The van der Waals surface area contributed by atoms with Gasteiger partial charge in [0, 0.05) is 49.7 Å². The lowest BCUT2D eigenvalue weighted by atomic mass is 9.71. The summed E-state index contributed by atoms with van der Waals surface area (Å²) < 4.78 is 0. The number of piperidine rings is 2. The molecule has 158 valence electrons. The number of carbonyl (C=O) groups is 1. The highest BCUT2D eigenvalue weighted by atomic mass is 16.2. The molecule has 1 amide bonds. The molecule has 3 aliphatic heterocycles. The lowest BCUT2D eigenvalue weighted by molar-refractivity contribution is -0.150. The minimum atomic E-state index is -0.188. The summed E-state index contributed by atoms with van der Waals surface area (Å²) in [5.74, 6) is 1.54. The fourth-order valence-electron chi connectivity index (χ4n) is 5.73. The summed E-state index contributed by atoms with van der Waals surface area (Å²) in [4.78, 5) is 26.4. The van der Waals surface area contributed by atoms with Gasteiger partial charge in [-0.15, -0.1) is 0 Å². The third-order valence-corrected chi connectivity index (χ3v) is 7.54. The molecule has 4 heterocycles. The van der Waals surface area contributed by atoms with E-state index in [1.165, 1.54) is 22.3 Å². The minimum Gasteiger partial charge on any atom is -0.361 e. The molecule has 0 bridgehead atoms. The van der Waals surface area contributed by atoms with Crippen LogP contribution in [0.25, 0.3) is 10.9 Å². The summed E-state index contributed by atoms with van der Waals surface area (Å²) in [6.45, 7) is 3.43. The Bertz CT molecular complexity index is 1170. The molecule has 2 saturated heterocycles. The molecular formula is C26H28N4O. The number of hydrogen-bond acceptors (Lipinski definition) is 3. The molecule has 6 rings (SSSR count). The van der Waals surface area contributed by atoms with Gasteiger partial charge in [-0.2, -0.15) is 0 Å². The van der Waals surface area contributed by atoms with Crippen LogP contribution >= 0.6 is 0 Å². The third-order valence-electron chi connectivity index (χ3n) is 7.54. The molecule has 2 aromatic carbocycles. The Morgan fingerprint density at radius 2 is 1.77 bits per heavy atom. The smallest absolute Gasteiger partial charge is 0.229 e. The average Bonchev–Trinajstić information content (AvgIpc) is 3.42. The van der Waals surface area contributed by atoms with Crippen LogP contribution in [-0.4, -0.2) is 46.2 Å². The Labute approximate surface area is 182 Å². The molecule has 0 atom stereocenters. The zero-order valence-corrected chi connectivity index (χ0v) is 17.8. The number of aromatic nitrogens is 1. The standard InChI is InChI=1S/C26H28N4O/c31-25-26(10-5-13-30(25)18-20-17-27-23-9-4-2-7-21(20)23)11-14-29(15-12-26)24-16-19-6-1-3-8-22(19)28-24/h1-4,6-9,17,27H,5,10-16,18H2. The quantitative estimate of drug-likeness (QED) is 0.666. The van der Waals surface area contributed by atoms with E-state index >= 15 is 0 Å². The average molecular weight is 413 g/mol. The van der Waals surface area contributed by atoms with Gasteiger partial charge in [0.05, 0.1) is 11.1 Å². The van der Waals surface area contributed by atoms with Crippen molar-refractivity contribution in [2.24, 2.45) is 10.4 Å². The molecule has 3 aromatic rings. The largest absolute Gasteiger partial charge is 0.361 e. The number of aromatic amines is 1. The molecule has 1 spiro atoms. The molecule has 2 fully saturated rings. The van der Waals surface area contributed by atoms with E-state index < -0.39 is 0 Å². The number of benzene rings is 2. The Kier molecular flexibility index (Phi) is 4.37. The van der Waals surface area contributed by atoms with Gasteiger partial charge in [0.1, 0.15) is 5.84 Å². The summed E-state index contributed by atoms with van der Waals surface area (Å²) >= 11 is 0. The van der Waals surface area contributed by atoms with Crippen LogP contribution in [0.1, 0.15) is 36.8 Å². The van der Waals surface area contributed by atoms with Crippen LogP contribution in [0.3, 0.4) is 0 Å². The molecule has 5 heteroatoms. The molecule has 0 aliphatic carbocycles. The first-order chi connectivity index (χ1) is 15.2. The Morgan fingerprint density at radius 1 is 0.968 bits per heavy atom.